The normalized spacial score (nSPS) is 18.0. The number of anilines is 2. The highest BCUT2D eigenvalue weighted by Gasteiger charge is 2.29. The van der Waals surface area contributed by atoms with Crippen molar-refractivity contribution in [2.45, 2.75) is 51.4 Å². The van der Waals surface area contributed by atoms with E-state index in [1.165, 1.54) is 19.3 Å². The van der Waals surface area contributed by atoms with Crippen molar-refractivity contribution in [3.8, 4) is 0 Å². The molecule has 4 heterocycles. The zero-order valence-corrected chi connectivity index (χ0v) is 17.3. The molecule has 29 heavy (non-hydrogen) atoms. The summed E-state index contributed by atoms with van der Waals surface area (Å²) in [5.41, 5.74) is 0.700. The van der Waals surface area contributed by atoms with Crippen molar-refractivity contribution >= 4 is 17.3 Å². The highest BCUT2D eigenvalue weighted by Crippen LogP contribution is 2.34. The topological polar surface area (TPSA) is 84.1 Å². The molecule has 1 aliphatic carbocycles. The lowest BCUT2D eigenvalue weighted by atomic mass is 9.85. The highest BCUT2D eigenvalue weighted by molar-refractivity contribution is 5.48. The molecule has 0 unspecified atom stereocenters. The van der Waals surface area contributed by atoms with E-state index in [2.05, 4.69) is 46.2 Å². The number of nitrogens with zero attached hydrogens (tertiary/aromatic N) is 7. The van der Waals surface area contributed by atoms with E-state index in [4.69, 9.17) is 10.1 Å². The smallest absolute Gasteiger partial charge is 0.178 e. The van der Waals surface area contributed by atoms with E-state index >= 15 is 0 Å². The Kier molecular flexibility index (Phi) is 4.37. The van der Waals surface area contributed by atoms with Crippen LogP contribution in [-0.4, -0.2) is 49.4 Å². The third kappa shape index (κ3) is 3.52. The summed E-state index contributed by atoms with van der Waals surface area (Å²) >= 11 is 0. The molecule has 2 aliphatic rings. The third-order valence-electron chi connectivity index (χ3n) is 5.92. The molecule has 8 heteroatoms. The molecule has 3 aromatic rings. The van der Waals surface area contributed by atoms with Crippen LogP contribution in [0, 0.1) is 5.92 Å². The molecule has 8 nitrogen and oxygen atoms in total. The van der Waals surface area contributed by atoms with Gasteiger partial charge in [0.1, 0.15) is 17.5 Å². The van der Waals surface area contributed by atoms with Crippen molar-refractivity contribution in [3.63, 3.8) is 0 Å². The van der Waals surface area contributed by atoms with Crippen LogP contribution in [-0.2, 0) is 5.41 Å². The second kappa shape index (κ2) is 6.93. The Labute approximate surface area is 170 Å². The first-order valence-electron chi connectivity index (χ1n) is 10.5. The molecule has 0 aromatic carbocycles. The van der Waals surface area contributed by atoms with E-state index in [9.17, 15) is 0 Å². The van der Waals surface area contributed by atoms with Crippen LogP contribution in [0.2, 0.25) is 0 Å². The van der Waals surface area contributed by atoms with Crippen LogP contribution in [0.3, 0.4) is 0 Å². The fraction of sp³-hybridized carbons (Fsp3) is 0.571. The van der Waals surface area contributed by atoms with Gasteiger partial charge in [-0.2, -0.15) is 4.52 Å². The summed E-state index contributed by atoms with van der Waals surface area (Å²) in [6, 6.07) is 6.00. The Morgan fingerprint density at radius 1 is 1.10 bits per heavy atom. The zero-order chi connectivity index (χ0) is 20.0. The molecule has 0 atom stereocenters. The summed E-state index contributed by atoms with van der Waals surface area (Å²) in [6.45, 7) is 9.28. The van der Waals surface area contributed by atoms with Crippen LogP contribution in [0.4, 0.5) is 11.6 Å². The van der Waals surface area contributed by atoms with Gasteiger partial charge >= 0.3 is 0 Å². The molecule has 0 bridgehead atoms. The van der Waals surface area contributed by atoms with Crippen molar-refractivity contribution < 1.29 is 0 Å². The fourth-order valence-electron chi connectivity index (χ4n) is 3.89. The number of aromatic nitrogens is 6. The first-order chi connectivity index (χ1) is 14.0. The summed E-state index contributed by atoms with van der Waals surface area (Å²) in [4.78, 5) is 11.4. The van der Waals surface area contributed by atoms with Crippen LogP contribution >= 0.6 is 0 Å². The van der Waals surface area contributed by atoms with Crippen molar-refractivity contribution in [2.24, 2.45) is 5.92 Å². The molecule has 1 N–H and O–H groups in total. The molecule has 5 rings (SSSR count). The predicted octanol–water partition coefficient (Wildman–Crippen LogP) is 3.03. The van der Waals surface area contributed by atoms with Crippen LogP contribution in [0.1, 0.15) is 57.6 Å². The van der Waals surface area contributed by atoms with Crippen LogP contribution in [0.5, 0.6) is 0 Å². The number of nitrogens with one attached hydrogen (secondary N) is 1. The Hall–Kier alpha value is -2.77. The van der Waals surface area contributed by atoms with Crippen molar-refractivity contribution in [1.82, 2.24) is 29.8 Å². The van der Waals surface area contributed by atoms with Crippen molar-refractivity contribution in [3.05, 3.63) is 36.0 Å². The van der Waals surface area contributed by atoms with E-state index in [1.807, 2.05) is 28.9 Å². The van der Waals surface area contributed by atoms with Gasteiger partial charge < -0.3 is 10.2 Å². The van der Waals surface area contributed by atoms with E-state index < -0.39 is 0 Å². The second-order valence-electron chi connectivity index (χ2n) is 9.31. The summed E-state index contributed by atoms with van der Waals surface area (Å²) in [5, 5.41) is 16.9. The summed E-state index contributed by atoms with van der Waals surface area (Å²) in [7, 11) is 0. The molecule has 1 saturated heterocycles. The van der Waals surface area contributed by atoms with E-state index in [0.717, 1.165) is 48.6 Å². The minimum absolute atomic E-state index is 0.0949. The third-order valence-corrected chi connectivity index (χ3v) is 5.92. The van der Waals surface area contributed by atoms with Gasteiger partial charge in [-0.05, 0) is 31.0 Å². The number of hydrogen-bond donors (Lipinski definition) is 1. The first kappa shape index (κ1) is 18.3. The molecular formula is C21H28N8. The van der Waals surface area contributed by atoms with Gasteiger partial charge in [0, 0.05) is 43.1 Å². The van der Waals surface area contributed by atoms with Gasteiger partial charge in [0.2, 0.25) is 0 Å². The lowest BCUT2D eigenvalue weighted by Crippen LogP contribution is -2.50. The molecule has 1 saturated carbocycles. The average molecular weight is 393 g/mol. The Morgan fingerprint density at radius 2 is 1.93 bits per heavy atom. The minimum Gasteiger partial charge on any atom is -0.370 e. The van der Waals surface area contributed by atoms with Gasteiger partial charge in [0.15, 0.2) is 11.5 Å². The Balaban J connectivity index is 1.20. The maximum absolute atomic E-state index is 4.80. The van der Waals surface area contributed by atoms with Crippen LogP contribution < -0.4 is 10.2 Å². The van der Waals surface area contributed by atoms with E-state index in [0.29, 0.717) is 11.8 Å². The second-order valence-corrected chi connectivity index (χ2v) is 9.31. The summed E-state index contributed by atoms with van der Waals surface area (Å²) in [6.07, 6.45) is 5.63. The monoisotopic (exact) mass is 392 g/mol. The molecule has 0 radical (unpaired) electrons. The average Bonchev–Trinajstić information content (AvgIpc) is 3.03. The first-order valence-corrected chi connectivity index (χ1v) is 10.5. The van der Waals surface area contributed by atoms with E-state index in [-0.39, 0.29) is 5.41 Å². The zero-order valence-electron chi connectivity index (χ0n) is 17.3. The maximum atomic E-state index is 4.80. The lowest BCUT2D eigenvalue weighted by Gasteiger charge is -2.40. The molecular weight excluding hydrogens is 364 g/mol. The SMILES string of the molecule is CC(C)(C)c1nnc2ccc(N3CC(CNc4ccnc(C5CCC5)n4)C3)nn12. The Morgan fingerprint density at radius 3 is 2.66 bits per heavy atom. The molecule has 0 spiro atoms. The molecule has 1 aliphatic heterocycles. The largest absolute Gasteiger partial charge is 0.370 e. The lowest BCUT2D eigenvalue weighted by molar-refractivity contribution is 0.401. The quantitative estimate of drug-likeness (QED) is 0.714. The molecule has 3 aromatic heterocycles. The predicted molar refractivity (Wildman–Crippen MR) is 112 cm³/mol. The molecule has 152 valence electrons. The minimum atomic E-state index is -0.0949. The van der Waals surface area contributed by atoms with Gasteiger partial charge in [-0.25, -0.2) is 9.97 Å². The number of hydrogen-bond acceptors (Lipinski definition) is 7. The maximum Gasteiger partial charge on any atom is 0.178 e. The number of rotatable bonds is 5. The van der Waals surface area contributed by atoms with Gasteiger partial charge in [0.05, 0.1) is 0 Å². The molecule has 2 fully saturated rings. The summed E-state index contributed by atoms with van der Waals surface area (Å²) in [5.74, 6) is 4.95. The van der Waals surface area contributed by atoms with Gasteiger partial charge in [-0.1, -0.05) is 27.2 Å². The van der Waals surface area contributed by atoms with Crippen LogP contribution in [0.15, 0.2) is 24.4 Å². The highest BCUT2D eigenvalue weighted by atomic mass is 15.4. The number of fused-ring (bicyclic) bond motifs is 1. The van der Waals surface area contributed by atoms with Gasteiger partial charge in [-0.15, -0.1) is 15.3 Å². The van der Waals surface area contributed by atoms with Crippen molar-refractivity contribution in [1.29, 1.82) is 0 Å². The van der Waals surface area contributed by atoms with Gasteiger partial charge in [-0.3, -0.25) is 0 Å². The van der Waals surface area contributed by atoms with Gasteiger partial charge in [0.25, 0.3) is 0 Å². The Bertz CT molecular complexity index is 1010. The summed E-state index contributed by atoms with van der Waals surface area (Å²) < 4.78 is 1.88. The standard InChI is InChI=1S/C21H28N8/c1-21(2,3)20-26-25-17-7-8-18(27-29(17)20)28-12-14(13-28)11-23-16-9-10-22-19(24-16)15-5-4-6-15/h7-10,14-15H,4-6,11-13H2,1-3H3,(H,22,23,24). The fourth-order valence-corrected chi connectivity index (χ4v) is 3.89. The van der Waals surface area contributed by atoms with Crippen LogP contribution in [0.25, 0.3) is 5.65 Å². The van der Waals surface area contributed by atoms with E-state index in [1.54, 1.807) is 0 Å². The molecule has 0 amide bonds. The van der Waals surface area contributed by atoms with Crippen molar-refractivity contribution in [2.75, 3.05) is 29.9 Å².